The summed E-state index contributed by atoms with van der Waals surface area (Å²) in [5.41, 5.74) is 2.22. The Labute approximate surface area is 126 Å². The summed E-state index contributed by atoms with van der Waals surface area (Å²) in [4.78, 5) is 12.1. The van der Waals surface area contributed by atoms with Crippen molar-refractivity contribution in [3.05, 3.63) is 52.6 Å². The van der Waals surface area contributed by atoms with Gasteiger partial charge in [0.2, 0.25) is 0 Å². The second-order valence-corrected chi connectivity index (χ2v) is 6.14. The summed E-state index contributed by atoms with van der Waals surface area (Å²) in [6, 6.07) is 11.8. The summed E-state index contributed by atoms with van der Waals surface area (Å²) in [5, 5.41) is 2.58. The average molecular weight is 301 g/mol. The molecule has 0 atom stereocenters. The maximum Gasteiger partial charge on any atom is 0.263 e. The van der Waals surface area contributed by atoms with Gasteiger partial charge in [-0.25, -0.2) is 0 Å². The average Bonchev–Trinajstić information content (AvgIpc) is 2.98. The van der Waals surface area contributed by atoms with Crippen LogP contribution in [0.15, 0.2) is 45.7 Å². The molecule has 1 aromatic carbocycles. The standard InChI is InChI=1S/C15H11NO2S2/c1-9-2-4-10(5-3-9)12-7-6-11(18-12)8-13-14(17)16-15(19)20-13/h2-8H,1H3,(H,16,17,19)/b13-8+. The van der Waals surface area contributed by atoms with Crippen LogP contribution < -0.4 is 5.32 Å². The fraction of sp³-hybridized carbons (Fsp3) is 0.0667. The molecule has 1 amide bonds. The van der Waals surface area contributed by atoms with Crippen molar-refractivity contribution >= 4 is 40.3 Å². The number of hydrogen-bond donors (Lipinski definition) is 1. The maximum atomic E-state index is 11.6. The van der Waals surface area contributed by atoms with Crippen molar-refractivity contribution in [1.29, 1.82) is 0 Å². The number of rotatable bonds is 2. The minimum atomic E-state index is -0.173. The first kappa shape index (κ1) is 13.1. The highest BCUT2D eigenvalue weighted by Crippen LogP contribution is 2.28. The van der Waals surface area contributed by atoms with Crippen molar-refractivity contribution in [3.63, 3.8) is 0 Å². The fourth-order valence-electron chi connectivity index (χ4n) is 1.85. The third-order valence-electron chi connectivity index (χ3n) is 2.88. The molecule has 1 aromatic heterocycles. The van der Waals surface area contributed by atoms with Crippen LogP contribution in [0.4, 0.5) is 0 Å². The molecule has 1 saturated heterocycles. The van der Waals surface area contributed by atoms with Crippen molar-refractivity contribution in [2.24, 2.45) is 0 Å². The number of hydrogen-bond acceptors (Lipinski definition) is 4. The van der Waals surface area contributed by atoms with Gasteiger partial charge in [0, 0.05) is 11.6 Å². The number of nitrogens with one attached hydrogen (secondary N) is 1. The molecule has 0 spiro atoms. The molecule has 1 fully saturated rings. The minimum absolute atomic E-state index is 0.173. The van der Waals surface area contributed by atoms with E-state index < -0.39 is 0 Å². The molecular weight excluding hydrogens is 290 g/mol. The van der Waals surface area contributed by atoms with Crippen LogP contribution in [0.5, 0.6) is 0 Å². The summed E-state index contributed by atoms with van der Waals surface area (Å²) in [5.74, 6) is 1.25. The normalized spacial score (nSPS) is 16.8. The Bertz CT molecular complexity index is 714. The van der Waals surface area contributed by atoms with Crippen molar-refractivity contribution < 1.29 is 9.21 Å². The van der Waals surface area contributed by atoms with Gasteiger partial charge in [-0.3, -0.25) is 4.79 Å². The second-order valence-electron chi connectivity index (χ2n) is 4.42. The van der Waals surface area contributed by atoms with Crippen LogP contribution in [-0.4, -0.2) is 10.2 Å². The van der Waals surface area contributed by atoms with E-state index in [1.807, 2.05) is 43.3 Å². The topological polar surface area (TPSA) is 42.2 Å². The zero-order valence-corrected chi connectivity index (χ0v) is 12.3. The second kappa shape index (κ2) is 5.26. The van der Waals surface area contributed by atoms with E-state index >= 15 is 0 Å². The molecular formula is C15H11NO2S2. The van der Waals surface area contributed by atoms with E-state index in [0.717, 1.165) is 11.3 Å². The number of carbonyl (C=O) groups is 1. The Morgan fingerprint density at radius 2 is 1.95 bits per heavy atom. The van der Waals surface area contributed by atoms with E-state index in [9.17, 15) is 4.79 Å². The molecule has 1 N–H and O–H groups in total. The first-order valence-corrected chi connectivity index (χ1v) is 7.26. The zero-order chi connectivity index (χ0) is 14.1. The van der Waals surface area contributed by atoms with E-state index in [-0.39, 0.29) is 5.91 Å². The number of carbonyl (C=O) groups excluding carboxylic acids is 1. The number of furan rings is 1. The van der Waals surface area contributed by atoms with Gasteiger partial charge in [0.05, 0.1) is 4.91 Å². The molecule has 3 rings (SSSR count). The van der Waals surface area contributed by atoms with E-state index in [4.69, 9.17) is 16.6 Å². The van der Waals surface area contributed by atoms with Crippen molar-refractivity contribution in [1.82, 2.24) is 5.32 Å². The minimum Gasteiger partial charge on any atom is -0.457 e. The summed E-state index contributed by atoms with van der Waals surface area (Å²) in [6.45, 7) is 2.04. The van der Waals surface area contributed by atoms with Crippen molar-refractivity contribution in [3.8, 4) is 11.3 Å². The Kier molecular flexibility index (Phi) is 3.46. The van der Waals surface area contributed by atoms with Crippen LogP contribution in [0.1, 0.15) is 11.3 Å². The van der Waals surface area contributed by atoms with Crippen molar-refractivity contribution in [2.45, 2.75) is 6.92 Å². The molecule has 3 nitrogen and oxygen atoms in total. The lowest BCUT2D eigenvalue weighted by molar-refractivity contribution is -0.115. The van der Waals surface area contributed by atoms with E-state index in [0.29, 0.717) is 15.0 Å². The summed E-state index contributed by atoms with van der Waals surface area (Å²) in [7, 11) is 0. The number of amides is 1. The Balaban J connectivity index is 1.87. The van der Waals surface area contributed by atoms with Crippen LogP contribution in [0, 0.1) is 6.92 Å². The molecule has 1 aliphatic heterocycles. The lowest BCUT2D eigenvalue weighted by atomic mass is 10.1. The molecule has 2 aromatic rings. The Morgan fingerprint density at radius 1 is 1.20 bits per heavy atom. The lowest BCUT2D eigenvalue weighted by Crippen LogP contribution is -2.17. The smallest absolute Gasteiger partial charge is 0.263 e. The number of benzene rings is 1. The molecule has 100 valence electrons. The molecule has 0 bridgehead atoms. The molecule has 0 radical (unpaired) electrons. The molecule has 20 heavy (non-hydrogen) atoms. The number of thioether (sulfide) groups is 1. The molecule has 0 saturated carbocycles. The van der Waals surface area contributed by atoms with Gasteiger partial charge in [0.1, 0.15) is 15.8 Å². The number of aryl methyl sites for hydroxylation is 1. The lowest BCUT2D eigenvalue weighted by Gasteiger charge is -1.97. The van der Waals surface area contributed by atoms with Crippen LogP contribution in [0.25, 0.3) is 17.4 Å². The van der Waals surface area contributed by atoms with Crippen molar-refractivity contribution in [2.75, 3.05) is 0 Å². The largest absolute Gasteiger partial charge is 0.457 e. The van der Waals surface area contributed by atoms with Gasteiger partial charge in [0.25, 0.3) is 5.91 Å². The third kappa shape index (κ3) is 2.69. The zero-order valence-electron chi connectivity index (χ0n) is 10.7. The third-order valence-corrected chi connectivity index (χ3v) is 4.04. The SMILES string of the molecule is Cc1ccc(-c2ccc(/C=C3/SC(=S)NC3=O)o2)cc1. The first-order chi connectivity index (χ1) is 9.61. The predicted octanol–water partition coefficient (Wildman–Crippen LogP) is 3.74. The highest BCUT2D eigenvalue weighted by atomic mass is 32.2. The van der Waals surface area contributed by atoms with E-state index in [1.165, 1.54) is 17.3 Å². The van der Waals surface area contributed by atoms with Gasteiger partial charge in [-0.15, -0.1) is 0 Å². The van der Waals surface area contributed by atoms with Gasteiger partial charge in [0.15, 0.2) is 0 Å². The van der Waals surface area contributed by atoms with Crippen LogP contribution >= 0.6 is 24.0 Å². The molecule has 0 unspecified atom stereocenters. The van der Waals surface area contributed by atoms with Crippen LogP contribution in [-0.2, 0) is 4.79 Å². The van der Waals surface area contributed by atoms with E-state index in [1.54, 1.807) is 6.08 Å². The van der Waals surface area contributed by atoms with Crippen LogP contribution in [0.3, 0.4) is 0 Å². The summed E-state index contributed by atoms with van der Waals surface area (Å²) >= 11 is 6.19. The maximum absolute atomic E-state index is 11.6. The molecule has 1 aliphatic rings. The van der Waals surface area contributed by atoms with Crippen LogP contribution in [0.2, 0.25) is 0 Å². The molecule has 2 heterocycles. The highest BCUT2D eigenvalue weighted by Gasteiger charge is 2.22. The first-order valence-electron chi connectivity index (χ1n) is 6.03. The highest BCUT2D eigenvalue weighted by molar-refractivity contribution is 8.26. The number of thiocarbonyl (C=S) groups is 1. The summed E-state index contributed by atoms with van der Waals surface area (Å²) < 4.78 is 6.22. The van der Waals surface area contributed by atoms with E-state index in [2.05, 4.69) is 5.32 Å². The molecule has 0 aliphatic carbocycles. The van der Waals surface area contributed by atoms with Gasteiger partial charge < -0.3 is 9.73 Å². The quantitative estimate of drug-likeness (QED) is 0.678. The summed E-state index contributed by atoms with van der Waals surface area (Å²) in [6.07, 6.45) is 1.71. The van der Waals surface area contributed by atoms with Gasteiger partial charge in [-0.05, 0) is 19.1 Å². The monoisotopic (exact) mass is 301 g/mol. The fourth-order valence-corrected chi connectivity index (χ4v) is 2.88. The van der Waals surface area contributed by atoms with Gasteiger partial charge in [-0.2, -0.15) is 0 Å². The Hall–Kier alpha value is -1.85. The van der Waals surface area contributed by atoms with Gasteiger partial charge in [-0.1, -0.05) is 53.8 Å². The predicted molar refractivity (Wildman–Crippen MR) is 85.2 cm³/mol. The van der Waals surface area contributed by atoms with Gasteiger partial charge >= 0.3 is 0 Å². The molecule has 5 heteroatoms. The Morgan fingerprint density at radius 3 is 2.60 bits per heavy atom.